The maximum atomic E-state index is 12.4. The minimum atomic E-state index is 0.0399. The van der Waals surface area contributed by atoms with E-state index in [2.05, 4.69) is 39.7 Å². The van der Waals surface area contributed by atoms with Crippen LogP contribution in [0, 0.1) is 0 Å². The zero-order chi connectivity index (χ0) is 13.8. The molecule has 104 valence electrons. The molecule has 1 aliphatic heterocycles. The lowest BCUT2D eigenvalue weighted by molar-refractivity contribution is 0.0753. The van der Waals surface area contributed by atoms with Gasteiger partial charge < -0.3 is 4.90 Å². The lowest BCUT2D eigenvalue weighted by Gasteiger charge is -2.24. The van der Waals surface area contributed by atoms with E-state index in [0.29, 0.717) is 11.7 Å². The molecule has 1 aromatic heterocycles. The van der Waals surface area contributed by atoms with E-state index in [-0.39, 0.29) is 5.91 Å². The molecule has 0 aromatic carbocycles. The molecule has 0 atom stereocenters. The number of carbonyl (C=O) groups is 1. The fourth-order valence-corrected chi connectivity index (χ4v) is 2.56. The van der Waals surface area contributed by atoms with Crippen LogP contribution in [0.1, 0.15) is 30.8 Å². The lowest BCUT2D eigenvalue weighted by atomic mass is 10.3. The first-order valence-electron chi connectivity index (χ1n) is 6.73. The summed E-state index contributed by atoms with van der Waals surface area (Å²) in [5, 5.41) is 0. The first-order chi connectivity index (χ1) is 9.08. The van der Waals surface area contributed by atoms with Crippen LogP contribution >= 0.6 is 15.9 Å². The molecule has 0 saturated carbocycles. The molecule has 0 unspecified atom stereocenters. The van der Waals surface area contributed by atoms with Crippen LogP contribution in [0.5, 0.6) is 0 Å². The van der Waals surface area contributed by atoms with Crippen LogP contribution in [-0.4, -0.2) is 52.9 Å². The van der Waals surface area contributed by atoms with Crippen molar-refractivity contribution < 1.29 is 4.79 Å². The minimum Gasteiger partial charge on any atom is -0.336 e. The molecule has 1 amide bonds. The van der Waals surface area contributed by atoms with Gasteiger partial charge in [-0.25, -0.2) is 4.98 Å². The molecule has 4 nitrogen and oxygen atoms in total. The molecular weight excluding hydrogens is 306 g/mol. The van der Waals surface area contributed by atoms with Gasteiger partial charge in [-0.3, -0.25) is 9.69 Å². The predicted octanol–water partition coefficient (Wildman–Crippen LogP) is 2.40. The summed E-state index contributed by atoms with van der Waals surface area (Å²) in [6, 6.07) is 4.18. The third kappa shape index (κ3) is 3.76. The third-order valence-electron chi connectivity index (χ3n) is 3.49. The molecule has 1 aliphatic rings. The first-order valence-corrected chi connectivity index (χ1v) is 7.52. The SMILES string of the molecule is CC(C)N1CCCN(C(=O)c2ccc(Br)cn2)CC1. The van der Waals surface area contributed by atoms with Gasteiger partial charge in [-0.05, 0) is 48.3 Å². The number of carbonyl (C=O) groups excluding carboxylic acids is 1. The van der Waals surface area contributed by atoms with E-state index in [1.807, 2.05) is 11.0 Å². The van der Waals surface area contributed by atoms with E-state index in [4.69, 9.17) is 0 Å². The maximum Gasteiger partial charge on any atom is 0.272 e. The van der Waals surface area contributed by atoms with E-state index in [1.54, 1.807) is 12.3 Å². The second-order valence-corrected chi connectivity index (χ2v) is 6.05. The molecule has 5 heteroatoms. The van der Waals surface area contributed by atoms with Gasteiger partial charge in [-0.15, -0.1) is 0 Å². The van der Waals surface area contributed by atoms with Crippen molar-refractivity contribution in [3.05, 3.63) is 28.5 Å². The molecular formula is C14H20BrN3O. The van der Waals surface area contributed by atoms with Crippen molar-refractivity contribution >= 4 is 21.8 Å². The summed E-state index contributed by atoms with van der Waals surface area (Å²) in [6.07, 6.45) is 2.70. The molecule has 0 spiro atoms. The van der Waals surface area contributed by atoms with Crippen molar-refractivity contribution in [3.8, 4) is 0 Å². The fraction of sp³-hybridized carbons (Fsp3) is 0.571. The van der Waals surface area contributed by atoms with Crippen LogP contribution in [0.2, 0.25) is 0 Å². The van der Waals surface area contributed by atoms with Crippen LogP contribution in [0.15, 0.2) is 22.8 Å². The van der Waals surface area contributed by atoms with Gasteiger partial charge in [0.25, 0.3) is 5.91 Å². The number of hydrogen-bond donors (Lipinski definition) is 0. The normalized spacial score (nSPS) is 17.6. The Bertz CT molecular complexity index is 433. The van der Waals surface area contributed by atoms with Gasteiger partial charge >= 0.3 is 0 Å². The number of aromatic nitrogens is 1. The van der Waals surface area contributed by atoms with E-state index >= 15 is 0 Å². The Morgan fingerprint density at radius 3 is 2.68 bits per heavy atom. The predicted molar refractivity (Wildman–Crippen MR) is 79.2 cm³/mol. The minimum absolute atomic E-state index is 0.0399. The zero-order valence-electron chi connectivity index (χ0n) is 11.5. The number of hydrogen-bond acceptors (Lipinski definition) is 3. The van der Waals surface area contributed by atoms with E-state index in [9.17, 15) is 4.79 Å². The maximum absolute atomic E-state index is 12.4. The topological polar surface area (TPSA) is 36.4 Å². The van der Waals surface area contributed by atoms with Crippen LogP contribution < -0.4 is 0 Å². The summed E-state index contributed by atoms with van der Waals surface area (Å²) in [5.41, 5.74) is 0.529. The lowest BCUT2D eigenvalue weighted by Crippen LogP contribution is -2.37. The molecule has 0 radical (unpaired) electrons. The molecule has 0 bridgehead atoms. The van der Waals surface area contributed by atoms with Gasteiger partial charge in [0.05, 0.1) is 0 Å². The van der Waals surface area contributed by atoms with Gasteiger partial charge in [0.1, 0.15) is 5.69 Å². The highest BCUT2D eigenvalue weighted by atomic mass is 79.9. The number of nitrogens with zero attached hydrogens (tertiary/aromatic N) is 3. The van der Waals surface area contributed by atoms with Gasteiger partial charge in [0, 0.05) is 42.9 Å². The van der Waals surface area contributed by atoms with Crippen LogP contribution in [0.3, 0.4) is 0 Å². The standard InChI is InChI=1S/C14H20BrN3O/c1-11(2)17-6-3-7-18(9-8-17)14(19)13-5-4-12(15)10-16-13/h4-5,10-11H,3,6-9H2,1-2H3. The van der Waals surface area contributed by atoms with E-state index in [1.165, 1.54) is 0 Å². The van der Waals surface area contributed by atoms with Crippen molar-refractivity contribution in [1.82, 2.24) is 14.8 Å². The van der Waals surface area contributed by atoms with Gasteiger partial charge in [0.2, 0.25) is 0 Å². The molecule has 1 saturated heterocycles. The summed E-state index contributed by atoms with van der Waals surface area (Å²) in [7, 11) is 0. The average molecular weight is 326 g/mol. The Morgan fingerprint density at radius 1 is 1.26 bits per heavy atom. The molecule has 19 heavy (non-hydrogen) atoms. The Morgan fingerprint density at radius 2 is 2.05 bits per heavy atom. The van der Waals surface area contributed by atoms with Crippen LogP contribution in [-0.2, 0) is 0 Å². The number of halogens is 1. The zero-order valence-corrected chi connectivity index (χ0v) is 13.1. The Labute approximate surface area is 122 Å². The number of rotatable bonds is 2. The smallest absolute Gasteiger partial charge is 0.272 e. The first kappa shape index (κ1) is 14.5. The second kappa shape index (κ2) is 6.48. The number of amides is 1. The van der Waals surface area contributed by atoms with Gasteiger partial charge in [-0.2, -0.15) is 0 Å². The third-order valence-corrected chi connectivity index (χ3v) is 3.96. The molecule has 0 N–H and O–H groups in total. The summed E-state index contributed by atoms with van der Waals surface area (Å²) >= 11 is 3.33. The van der Waals surface area contributed by atoms with Gasteiger partial charge in [0.15, 0.2) is 0 Å². The van der Waals surface area contributed by atoms with E-state index < -0.39 is 0 Å². The Balaban J connectivity index is 2.02. The van der Waals surface area contributed by atoms with E-state index in [0.717, 1.165) is 37.1 Å². The summed E-state index contributed by atoms with van der Waals surface area (Å²) in [4.78, 5) is 20.9. The highest BCUT2D eigenvalue weighted by Crippen LogP contribution is 2.12. The summed E-state index contributed by atoms with van der Waals surface area (Å²) in [6.45, 7) is 8.02. The largest absolute Gasteiger partial charge is 0.336 e. The van der Waals surface area contributed by atoms with Crippen molar-refractivity contribution in [2.75, 3.05) is 26.2 Å². The van der Waals surface area contributed by atoms with Gasteiger partial charge in [-0.1, -0.05) is 0 Å². The summed E-state index contributed by atoms with van der Waals surface area (Å²) < 4.78 is 0.894. The molecule has 1 aromatic rings. The van der Waals surface area contributed by atoms with Crippen molar-refractivity contribution in [3.63, 3.8) is 0 Å². The summed E-state index contributed by atoms with van der Waals surface area (Å²) in [5.74, 6) is 0.0399. The Hall–Kier alpha value is -0.940. The van der Waals surface area contributed by atoms with Crippen molar-refractivity contribution in [2.24, 2.45) is 0 Å². The molecule has 2 rings (SSSR count). The van der Waals surface area contributed by atoms with Crippen molar-refractivity contribution in [1.29, 1.82) is 0 Å². The van der Waals surface area contributed by atoms with Crippen LogP contribution in [0.25, 0.3) is 0 Å². The average Bonchev–Trinajstić information content (AvgIpc) is 2.64. The fourth-order valence-electron chi connectivity index (χ4n) is 2.32. The monoisotopic (exact) mass is 325 g/mol. The van der Waals surface area contributed by atoms with Crippen LogP contribution in [0.4, 0.5) is 0 Å². The molecule has 0 aliphatic carbocycles. The van der Waals surface area contributed by atoms with Crippen molar-refractivity contribution in [2.45, 2.75) is 26.3 Å². The number of pyridine rings is 1. The molecule has 1 fully saturated rings. The quantitative estimate of drug-likeness (QED) is 0.837. The highest BCUT2D eigenvalue weighted by molar-refractivity contribution is 9.10. The second-order valence-electron chi connectivity index (χ2n) is 5.14. The molecule has 2 heterocycles. The highest BCUT2D eigenvalue weighted by Gasteiger charge is 2.21. The Kier molecular flexibility index (Phi) is 4.93.